The minimum Gasteiger partial charge on any atom is -0.464 e. The molecule has 2 N–H and O–H groups in total. The van der Waals surface area contributed by atoms with Gasteiger partial charge in [-0.3, -0.25) is 4.98 Å². The summed E-state index contributed by atoms with van der Waals surface area (Å²) in [4.78, 5) is 5.59. The minimum absolute atomic E-state index is 0.250. The molecule has 2 aromatic heterocycles. The van der Waals surface area contributed by atoms with Crippen molar-refractivity contribution >= 4 is 43.7 Å². The lowest BCUT2D eigenvalue weighted by molar-refractivity contribution is 0.614. The molecule has 2 aromatic carbocycles. The first kappa shape index (κ1) is 29.6. The van der Waals surface area contributed by atoms with Gasteiger partial charge in [0.05, 0.1) is 16.1 Å². The van der Waals surface area contributed by atoms with E-state index >= 15 is 0 Å². The van der Waals surface area contributed by atoms with E-state index in [1.165, 1.54) is 0 Å². The number of hydrogen-bond donors (Lipinski definition) is 2. The summed E-state index contributed by atoms with van der Waals surface area (Å²) >= 11 is 0. The van der Waals surface area contributed by atoms with Gasteiger partial charge in [0.1, 0.15) is 27.6 Å². The first-order valence-electron chi connectivity index (χ1n) is 11.6. The van der Waals surface area contributed by atoms with Crippen LogP contribution in [0.5, 0.6) is 0 Å². The predicted molar refractivity (Wildman–Crippen MR) is 145 cm³/mol. The molecule has 3 atom stereocenters. The third kappa shape index (κ3) is 8.76. The molecule has 0 saturated heterocycles. The van der Waals surface area contributed by atoms with E-state index < -0.39 is 22.0 Å². The molecule has 4 rings (SSSR count). The highest BCUT2D eigenvalue weighted by molar-refractivity contribution is 7.83. The van der Waals surface area contributed by atoms with Gasteiger partial charge in [0, 0.05) is 29.2 Å². The van der Waals surface area contributed by atoms with Crippen molar-refractivity contribution < 1.29 is 12.8 Å². The van der Waals surface area contributed by atoms with Gasteiger partial charge in [-0.2, -0.15) is 0 Å². The monoisotopic (exact) mass is 503 g/mol. The summed E-state index contributed by atoms with van der Waals surface area (Å²) in [5, 5.41) is 3.16. The van der Waals surface area contributed by atoms with Gasteiger partial charge in [-0.25, -0.2) is 17.9 Å². The topological polar surface area (TPSA) is 84.2 Å². The van der Waals surface area contributed by atoms with Gasteiger partial charge in [0.25, 0.3) is 0 Å². The molecule has 186 valence electrons. The minimum atomic E-state index is -1.15. The summed E-state index contributed by atoms with van der Waals surface area (Å²) in [5.41, 5.74) is 0.765. The Morgan fingerprint density at radius 3 is 2.18 bits per heavy atom. The number of rotatable bonds is 6. The number of aromatic nitrogens is 1. The van der Waals surface area contributed by atoms with Crippen molar-refractivity contribution in [1.29, 1.82) is 0 Å². The zero-order valence-electron chi connectivity index (χ0n) is 21.1. The van der Waals surface area contributed by atoms with Crippen LogP contribution in [0.25, 0.3) is 21.7 Å². The van der Waals surface area contributed by atoms with E-state index in [0.29, 0.717) is 0 Å². The zero-order chi connectivity index (χ0) is 25.5. The number of nitrogens with zero attached hydrogens (tertiary/aromatic N) is 1. The molecule has 2 heterocycles. The molecule has 34 heavy (non-hydrogen) atoms. The van der Waals surface area contributed by atoms with Gasteiger partial charge in [-0.05, 0) is 68.2 Å². The Bertz CT molecular complexity index is 1180. The van der Waals surface area contributed by atoms with Crippen molar-refractivity contribution in [2.75, 3.05) is 7.05 Å². The molecular formula is C26H37N3O3S2. The van der Waals surface area contributed by atoms with E-state index in [4.69, 9.17) is 4.42 Å². The first-order chi connectivity index (χ1) is 16.5. The highest BCUT2D eigenvalue weighted by Gasteiger charge is 2.07. The largest absolute Gasteiger partial charge is 0.464 e. The Labute approximate surface area is 208 Å². The number of benzene rings is 2. The van der Waals surface area contributed by atoms with Crippen LogP contribution in [0.15, 0.2) is 81.4 Å². The summed E-state index contributed by atoms with van der Waals surface area (Å²) in [5.74, 6) is 0. The molecule has 0 aliphatic carbocycles. The lowest BCUT2D eigenvalue weighted by Crippen LogP contribution is -2.27. The molecule has 8 heteroatoms. The number of hydrogen-bond acceptors (Lipinski definition) is 4. The molecule has 0 saturated carbocycles. The maximum Gasteiger partial charge on any atom is 0.135 e. The number of nitrogens with one attached hydrogen (secondary N) is 2. The van der Waals surface area contributed by atoms with E-state index in [2.05, 4.69) is 21.4 Å². The highest BCUT2D eigenvalue weighted by Crippen LogP contribution is 2.18. The number of pyridine rings is 1. The van der Waals surface area contributed by atoms with Crippen LogP contribution < -0.4 is 9.44 Å². The van der Waals surface area contributed by atoms with Gasteiger partial charge in [0.15, 0.2) is 0 Å². The van der Waals surface area contributed by atoms with Gasteiger partial charge >= 0.3 is 0 Å². The molecular weight excluding hydrogens is 466 g/mol. The van der Waals surface area contributed by atoms with Crippen LogP contribution in [0.4, 0.5) is 0 Å². The van der Waals surface area contributed by atoms with Crippen molar-refractivity contribution in [3.63, 3.8) is 0 Å². The van der Waals surface area contributed by atoms with Crippen molar-refractivity contribution in [3.8, 4) is 0 Å². The molecule has 3 unspecified atom stereocenters. The summed E-state index contributed by atoms with van der Waals surface area (Å²) in [6, 6.07) is 15.4. The second-order valence-electron chi connectivity index (χ2n) is 6.67. The van der Waals surface area contributed by atoms with Gasteiger partial charge in [-0.15, -0.1) is 0 Å². The lowest BCUT2D eigenvalue weighted by Gasteiger charge is -2.10. The molecule has 0 amide bonds. The quantitative estimate of drug-likeness (QED) is 0.320. The normalized spacial score (nSPS) is 12.8. The third-order valence-electron chi connectivity index (χ3n) is 4.57. The molecule has 0 spiro atoms. The zero-order valence-corrected chi connectivity index (χ0v) is 22.8. The maximum atomic E-state index is 12.0. The molecule has 0 bridgehead atoms. The van der Waals surface area contributed by atoms with Crippen LogP contribution >= 0.6 is 0 Å². The fourth-order valence-corrected chi connectivity index (χ4v) is 4.42. The second-order valence-corrected chi connectivity index (χ2v) is 9.34. The Morgan fingerprint density at radius 1 is 0.882 bits per heavy atom. The summed E-state index contributed by atoms with van der Waals surface area (Å²) < 4.78 is 34.3. The van der Waals surface area contributed by atoms with Crippen molar-refractivity contribution in [3.05, 3.63) is 67.2 Å². The number of furan rings is 1. The predicted octanol–water partition coefficient (Wildman–Crippen LogP) is 6.37. The van der Waals surface area contributed by atoms with Crippen LogP contribution in [0.3, 0.4) is 0 Å². The van der Waals surface area contributed by atoms with E-state index in [1.54, 1.807) is 31.8 Å². The summed E-state index contributed by atoms with van der Waals surface area (Å²) in [7, 11) is -0.633. The van der Waals surface area contributed by atoms with Gasteiger partial charge in [0.2, 0.25) is 0 Å². The highest BCUT2D eigenvalue weighted by atomic mass is 32.2. The van der Waals surface area contributed by atoms with Gasteiger partial charge in [-0.1, -0.05) is 40.7 Å². The summed E-state index contributed by atoms with van der Waals surface area (Å²) in [6.45, 7) is 12.1. The van der Waals surface area contributed by atoms with E-state index in [0.717, 1.165) is 38.0 Å². The lowest BCUT2D eigenvalue weighted by atomic mass is 10.2. The van der Waals surface area contributed by atoms with Crippen LogP contribution in [0.2, 0.25) is 0 Å². The first-order valence-corrected chi connectivity index (χ1v) is 13.9. The fourth-order valence-electron chi connectivity index (χ4n) is 2.68. The Kier molecular flexibility index (Phi) is 14.2. The van der Waals surface area contributed by atoms with E-state index in [1.807, 2.05) is 77.1 Å². The van der Waals surface area contributed by atoms with Crippen LogP contribution in [0.1, 0.15) is 48.0 Å². The van der Waals surface area contributed by atoms with Gasteiger partial charge < -0.3 is 4.42 Å². The van der Waals surface area contributed by atoms with E-state index in [9.17, 15) is 8.42 Å². The molecule has 0 aliphatic rings. The number of fused-ring (bicyclic) bond motifs is 2. The molecule has 6 nitrogen and oxygen atoms in total. The van der Waals surface area contributed by atoms with Crippen LogP contribution in [-0.4, -0.2) is 26.5 Å². The molecule has 4 aromatic rings. The molecule has 0 radical (unpaired) electrons. The molecule has 0 aliphatic heterocycles. The Morgan fingerprint density at radius 2 is 1.53 bits per heavy atom. The van der Waals surface area contributed by atoms with Crippen LogP contribution in [0, 0.1) is 0 Å². The maximum absolute atomic E-state index is 12.0. The average molecular weight is 504 g/mol. The summed E-state index contributed by atoms with van der Waals surface area (Å²) in [6.07, 6.45) is 6.13. The van der Waals surface area contributed by atoms with Crippen LogP contribution in [-0.2, 0) is 22.0 Å². The Balaban J connectivity index is 0.000000304. The third-order valence-corrected chi connectivity index (χ3v) is 6.93. The standard InChI is InChI=1S/C13H16N2OS.C9H9NO2S.2C2H6/c1-3-10(2)15-17(16)13-5-4-11-6-7-14-9-12(11)8-13;1-10-13(11)8-3-2-7-4-5-12-9(7)6-8;2*1-2/h4-10,15H,3H2,1-2H3;2-6,10H,1H3;2*1-2H3. The SMILES string of the molecule is CC.CC.CCC(C)NS(=O)c1ccc2ccncc2c1.CNS(=O)c1ccc2ccoc2c1. The smallest absolute Gasteiger partial charge is 0.135 e. The van der Waals surface area contributed by atoms with Crippen molar-refractivity contribution in [1.82, 2.24) is 14.4 Å². The van der Waals surface area contributed by atoms with Crippen molar-refractivity contribution in [2.45, 2.75) is 63.8 Å². The fraction of sp³-hybridized carbons (Fsp3) is 0.346. The Hall–Kier alpha value is -2.39. The average Bonchev–Trinajstić information content (AvgIpc) is 3.38. The molecule has 0 fully saturated rings. The van der Waals surface area contributed by atoms with Crippen molar-refractivity contribution in [2.24, 2.45) is 0 Å². The second kappa shape index (κ2) is 16.3. The van der Waals surface area contributed by atoms with E-state index in [-0.39, 0.29) is 6.04 Å².